The third kappa shape index (κ3) is 3.59. The third-order valence-corrected chi connectivity index (χ3v) is 3.17. The van der Waals surface area contributed by atoms with Gasteiger partial charge in [0.25, 0.3) is 0 Å². The average Bonchev–Trinajstić information content (AvgIpc) is 2.53. The van der Waals surface area contributed by atoms with Crippen LogP contribution in [0.15, 0.2) is 36.4 Å². The molecule has 0 aliphatic rings. The topological polar surface area (TPSA) is 108 Å². The number of nitrogens with zero attached hydrogens (tertiary/aromatic N) is 2. The molecule has 0 bridgehead atoms. The lowest BCUT2D eigenvalue weighted by Crippen LogP contribution is -2.12. The maximum atomic E-state index is 13.1. The quantitative estimate of drug-likeness (QED) is 0.632. The van der Waals surface area contributed by atoms with Gasteiger partial charge in [0.15, 0.2) is 0 Å². The molecule has 0 amide bonds. The van der Waals surface area contributed by atoms with Crippen molar-refractivity contribution in [2.45, 2.75) is 6.18 Å². The number of para-hydroxylation sites is 1. The summed E-state index contributed by atoms with van der Waals surface area (Å²) in [5.74, 6) is -1.11. The molecule has 2 rings (SSSR count). The van der Waals surface area contributed by atoms with Crippen LogP contribution < -0.4 is 10.1 Å². The summed E-state index contributed by atoms with van der Waals surface area (Å²) in [6, 6.07) is 7.80. The molecule has 2 aromatic rings. The number of nitro benzene ring substituents is 2. The molecular formula is C14H10F3N3O5. The van der Waals surface area contributed by atoms with E-state index in [2.05, 4.69) is 10.1 Å². The van der Waals surface area contributed by atoms with Crippen molar-refractivity contribution in [3.05, 3.63) is 62.2 Å². The van der Waals surface area contributed by atoms with Crippen molar-refractivity contribution in [3.8, 4) is 5.75 Å². The van der Waals surface area contributed by atoms with Gasteiger partial charge in [-0.3, -0.25) is 20.2 Å². The Balaban J connectivity index is 2.84. The second kappa shape index (κ2) is 6.63. The molecule has 0 aliphatic carbocycles. The van der Waals surface area contributed by atoms with E-state index in [1.807, 2.05) is 0 Å². The molecule has 132 valence electrons. The molecular weight excluding hydrogens is 347 g/mol. The number of nitro groups is 2. The van der Waals surface area contributed by atoms with Crippen molar-refractivity contribution in [1.82, 2.24) is 0 Å². The second-order valence-corrected chi connectivity index (χ2v) is 4.70. The monoisotopic (exact) mass is 357 g/mol. The lowest BCUT2D eigenvalue weighted by molar-refractivity contribution is -0.393. The number of methoxy groups -OCH3 is 1. The number of hydrogen-bond donors (Lipinski definition) is 1. The zero-order valence-corrected chi connectivity index (χ0v) is 12.5. The van der Waals surface area contributed by atoms with Gasteiger partial charge in [-0.1, -0.05) is 18.2 Å². The van der Waals surface area contributed by atoms with Gasteiger partial charge in [-0.2, -0.15) is 13.2 Å². The Hall–Kier alpha value is -3.37. The zero-order chi connectivity index (χ0) is 18.8. The van der Waals surface area contributed by atoms with Gasteiger partial charge in [0, 0.05) is 11.8 Å². The summed E-state index contributed by atoms with van der Waals surface area (Å²) in [6.07, 6.45) is -5.08. The van der Waals surface area contributed by atoms with E-state index in [4.69, 9.17) is 0 Å². The molecule has 0 heterocycles. The lowest BCUT2D eigenvalue weighted by atomic mass is 10.1. The van der Waals surface area contributed by atoms with Gasteiger partial charge in [0.1, 0.15) is 5.56 Å². The molecule has 0 unspecified atom stereocenters. The normalized spacial score (nSPS) is 11.0. The van der Waals surface area contributed by atoms with Gasteiger partial charge >= 0.3 is 17.6 Å². The Morgan fingerprint density at radius 3 is 2.12 bits per heavy atom. The van der Waals surface area contributed by atoms with Crippen LogP contribution in [-0.4, -0.2) is 17.0 Å². The standard InChI is InChI=1S/C14H10F3N3O5/c1-25-13-9(14(15,16)17)7-10(19(21)22)11(12(13)20(23)24)18-8-5-3-2-4-6-8/h2-7,18H,1H3. The van der Waals surface area contributed by atoms with Crippen LogP contribution >= 0.6 is 0 Å². The smallest absolute Gasteiger partial charge is 0.420 e. The van der Waals surface area contributed by atoms with E-state index in [9.17, 15) is 33.4 Å². The van der Waals surface area contributed by atoms with Crippen molar-refractivity contribution in [1.29, 1.82) is 0 Å². The van der Waals surface area contributed by atoms with Gasteiger partial charge in [0.2, 0.25) is 11.4 Å². The maximum absolute atomic E-state index is 13.1. The van der Waals surface area contributed by atoms with Gasteiger partial charge in [-0.15, -0.1) is 0 Å². The molecule has 0 radical (unpaired) electrons. The number of alkyl halides is 3. The van der Waals surface area contributed by atoms with Crippen molar-refractivity contribution in [2.75, 3.05) is 12.4 Å². The Morgan fingerprint density at radius 2 is 1.68 bits per heavy atom. The predicted molar refractivity (Wildman–Crippen MR) is 81.0 cm³/mol. The third-order valence-electron chi connectivity index (χ3n) is 3.17. The Bertz CT molecular complexity index is 825. The molecule has 8 nitrogen and oxygen atoms in total. The highest BCUT2D eigenvalue weighted by Crippen LogP contribution is 2.50. The molecule has 0 saturated carbocycles. The first-order valence-electron chi connectivity index (χ1n) is 6.59. The average molecular weight is 357 g/mol. The summed E-state index contributed by atoms with van der Waals surface area (Å²) in [7, 11) is 0.815. The molecule has 0 aliphatic heterocycles. The Labute approximate surface area is 138 Å². The molecule has 2 aromatic carbocycles. The van der Waals surface area contributed by atoms with Crippen LogP contribution in [0.2, 0.25) is 0 Å². The Kier molecular flexibility index (Phi) is 4.77. The van der Waals surface area contributed by atoms with Crippen molar-refractivity contribution >= 4 is 22.7 Å². The second-order valence-electron chi connectivity index (χ2n) is 4.70. The van der Waals surface area contributed by atoms with Crippen LogP contribution in [0.5, 0.6) is 5.75 Å². The summed E-state index contributed by atoms with van der Waals surface area (Å²) in [5, 5.41) is 25.0. The fraction of sp³-hybridized carbons (Fsp3) is 0.143. The first-order valence-corrected chi connectivity index (χ1v) is 6.59. The molecule has 0 aromatic heterocycles. The molecule has 11 heteroatoms. The molecule has 25 heavy (non-hydrogen) atoms. The van der Waals surface area contributed by atoms with Crippen LogP contribution in [0.25, 0.3) is 0 Å². The summed E-state index contributed by atoms with van der Waals surface area (Å²) >= 11 is 0. The van der Waals surface area contributed by atoms with Gasteiger partial charge in [0.05, 0.1) is 17.0 Å². The minimum absolute atomic E-state index is 0.205. The highest BCUT2D eigenvalue weighted by atomic mass is 19.4. The van der Waals surface area contributed by atoms with Gasteiger partial charge < -0.3 is 10.1 Å². The predicted octanol–water partition coefficient (Wildman–Crippen LogP) is 4.27. The number of ether oxygens (including phenoxy) is 1. The molecule has 0 spiro atoms. The van der Waals surface area contributed by atoms with Crippen LogP contribution in [0.4, 0.5) is 35.9 Å². The van der Waals surface area contributed by atoms with E-state index < -0.39 is 44.4 Å². The summed E-state index contributed by atoms with van der Waals surface area (Å²) in [4.78, 5) is 20.2. The number of halogens is 3. The fourth-order valence-electron chi connectivity index (χ4n) is 2.16. The largest absolute Gasteiger partial charge is 0.490 e. The summed E-state index contributed by atoms with van der Waals surface area (Å²) in [5.41, 5.74) is -4.36. The SMILES string of the molecule is COc1c(C(F)(F)F)cc([N+](=O)[O-])c(Nc2ccccc2)c1[N+](=O)[O-]. The Morgan fingerprint density at radius 1 is 1.08 bits per heavy atom. The zero-order valence-electron chi connectivity index (χ0n) is 12.5. The number of rotatable bonds is 5. The van der Waals surface area contributed by atoms with Crippen LogP contribution in [0.3, 0.4) is 0 Å². The molecule has 0 atom stereocenters. The van der Waals surface area contributed by atoms with E-state index in [1.54, 1.807) is 18.2 Å². The van der Waals surface area contributed by atoms with Crippen molar-refractivity contribution in [3.63, 3.8) is 0 Å². The van der Waals surface area contributed by atoms with Crippen LogP contribution in [0.1, 0.15) is 5.56 Å². The summed E-state index contributed by atoms with van der Waals surface area (Å²) in [6.45, 7) is 0. The van der Waals surface area contributed by atoms with Gasteiger partial charge in [-0.25, -0.2) is 0 Å². The maximum Gasteiger partial charge on any atom is 0.420 e. The van der Waals surface area contributed by atoms with E-state index in [0.717, 1.165) is 7.11 Å². The fourth-order valence-corrected chi connectivity index (χ4v) is 2.16. The van der Waals surface area contributed by atoms with E-state index in [1.165, 1.54) is 12.1 Å². The number of benzene rings is 2. The molecule has 0 saturated heterocycles. The van der Waals surface area contributed by atoms with Crippen LogP contribution in [-0.2, 0) is 6.18 Å². The molecule has 1 N–H and O–H groups in total. The first-order chi connectivity index (χ1) is 11.7. The lowest BCUT2D eigenvalue weighted by Gasteiger charge is -2.15. The van der Waals surface area contributed by atoms with E-state index >= 15 is 0 Å². The van der Waals surface area contributed by atoms with Crippen LogP contribution in [0, 0.1) is 20.2 Å². The van der Waals surface area contributed by atoms with Gasteiger partial charge in [-0.05, 0) is 12.1 Å². The minimum Gasteiger partial charge on any atom is -0.490 e. The number of hydrogen-bond acceptors (Lipinski definition) is 6. The van der Waals surface area contributed by atoms with Crippen molar-refractivity contribution < 1.29 is 27.8 Å². The first kappa shape index (κ1) is 18.0. The minimum atomic E-state index is -5.08. The molecule has 0 fully saturated rings. The van der Waals surface area contributed by atoms with E-state index in [-0.39, 0.29) is 11.8 Å². The van der Waals surface area contributed by atoms with E-state index in [0.29, 0.717) is 0 Å². The number of nitrogens with one attached hydrogen (secondary N) is 1. The summed E-state index contributed by atoms with van der Waals surface area (Å²) < 4.78 is 44.0. The number of anilines is 2. The van der Waals surface area contributed by atoms with Crippen molar-refractivity contribution in [2.24, 2.45) is 0 Å². The highest BCUT2D eigenvalue weighted by molar-refractivity contribution is 5.84. The highest BCUT2D eigenvalue weighted by Gasteiger charge is 2.43.